The summed E-state index contributed by atoms with van der Waals surface area (Å²) in [6.45, 7) is 6.22. The van der Waals surface area contributed by atoms with Crippen LogP contribution < -0.4 is 10.9 Å². The van der Waals surface area contributed by atoms with Gasteiger partial charge in [-0.25, -0.2) is 8.42 Å². The van der Waals surface area contributed by atoms with Gasteiger partial charge < -0.3 is 14.8 Å². The van der Waals surface area contributed by atoms with Crippen LogP contribution in [0.25, 0.3) is 10.9 Å². The third-order valence-electron chi connectivity index (χ3n) is 4.82. The molecule has 2 aromatic heterocycles. The van der Waals surface area contributed by atoms with Crippen LogP contribution in [0.4, 0.5) is 0 Å². The topological polar surface area (TPSA) is 138 Å². The first-order valence-electron chi connectivity index (χ1n) is 10.0. The lowest BCUT2D eigenvalue weighted by Crippen LogP contribution is -2.30. The van der Waals surface area contributed by atoms with E-state index in [2.05, 4.69) is 20.4 Å². The molecule has 1 amide bonds. The molecule has 1 aromatic carbocycles. The van der Waals surface area contributed by atoms with E-state index >= 15 is 0 Å². The van der Waals surface area contributed by atoms with Gasteiger partial charge in [0.25, 0.3) is 5.91 Å². The van der Waals surface area contributed by atoms with E-state index in [-0.39, 0.29) is 10.5 Å². The summed E-state index contributed by atoms with van der Waals surface area (Å²) in [5.41, 5.74) is 0.0554. The summed E-state index contributed by atoms with van der Waals surface area (Å²) >= 11 is 0. The molecule has 31 heavy (non-hydrogen) atoms. The van der Waals surface area contributed by atoms with Crippen molar-refractivity contribution in [2.75, 3.05) is 19.6 Å². The number of aromatic nitrogens is 3. The fourth-order valence-electron chi connectivity index (χ4n) is 3.27. The van der Waals surface area contributed by atoms with E-state index in [1.165, 1.54) is 28.6 Å². The Bertz CT molecular complexity index is 1240. The molecule has 0 aliphatic rings. The molecule has 0 bridgehead atoms. The monoisotopic (exact) mass is 447 g/mol. The van der Waals surface area contributed by atoms with Gasteiger partial charge in [0, 0.05) is 43.0 Å². The molecule has 3 rings (SSSR count). The number of amides is 1. The number of nitrogens with one attached hydrogen (secondary N) is 2. The van der Waals surface area contributed by atoms with Crippen molar-refractivity contribution in [1.29, 1.82) is 0 Å². The van der Waals surface area contributed by atoms with Crippen LogP contribution in [-0.2, 0) is 16.4 Å². The summed E-state index contributed by atoms with van der Waals surface area (Å²) in [6, 6.07) is 5.53. The van der Waals surface area contributed by atoms with Crippen molar-refractivity contribution in [3.63, 3.8) is 0 Å². The van der Waals surface area contributed by atoms with Crippen LogP contribution in [0, 0.1) is 6.92 Å². The lowest BCUT2D eigenvalue weighted by Gasteiger charge is -2.19. The number of sulfonamides is 1. The lowest BCUT2D eigenvalue weighted by molar-refractivity contribution is 0.0954. The summed E-state index contributed by atoms with van der Waals surface area (Å²) in [5, 5.41) is 6.83. The molecule has 0 spiro atoms. The van der Waals surface area contributed by atoms with Crippen molar-refractivity contribution in [3.8, 4) is 0 Å². The van der Waals surface area contributed by atoms with Crippen molar-refractivity contribution in [2.24, 2.45) is 0 Å². The minimum atomic E-state index is -3.71. The van der Waals surface area contributed by atoms with Crippen LogP contribution in [0.1, 0.15) is 42.3 Å². The molecular formula is C20H25N5O5S. The number of aryl methyl sites for hydroxylation is 2. The fourth-order valence-corrected chi connectivity index (χ4v) is 4.76. The van der Waals surface area contributed by atoms with Crippen LogP contribution in [0.3, 0.4) is 0 Å². The Morgan fingerprint density at radius 1 is 1.23 bits per heavy atom. The van der Waals surface area contributed by atoms with Gasteiger partial charge in [0.2, 0.25) is 21.5 Å². The van der Waals surface area contributed by atoms with Gasteiger partial charge >= 0.3 is 0 Å². The first kappa shape index (κ1) is 22.6. The van der Waals surface area contributed by atoms with E-state index in [9.17, 15) is 18.0 Å². The van der Waals surface area contributed by atoms with E-state index in [1.54, 1.807) is 20.8 Å². The Hall–Kier alpha value is -3.05. The number of hydrogen-bond acceptors (Lipinski definition) is 7. The minimum absolute atomic E-state index is 0.0663. The number of fused-ring (bicyclic) bond motifs is 1. The zero-order valence-electron chi connectivity index (χ0n) is 17.6. The van der Waals surface area contributed by atoms with Gasteiger partial charge in [-0.05, 0) is 31.5 Å². The maximum absolute atomic E-state index is 12.9. The summed E-state index contributed by atoms with van der Waals surface area (Å²) < 4.78 is 32.1. The highest BCUT2D eigenvalue weighted by Gasteiger charge is 2.23. The predicted octanol–water partition coefficient (Wildman–Crippen LogP) is 1.61. The number of benzene rings is 1. The largest absolute Gasteiger partial charge is 0.352 e. The van der Waals surface area contributed by atoms with Crippen molar-refractivity contribution >= 4 is 26.8 Å². The smallest absolute Gasteiger partial charge is 0.252 e. The Morgan fingerprint density at radius 3 is 2.61 bits per heavy atom. The summed E-state index contributed by atoms with van der Waals surface area (Å²) in [6.07, 6.45) is 1.07. The molecule has 0 radical (unpaired) electrons. The van der Waals surface area contributed by atoms with Gasteiger partial charge in [0.15, 0.2) is 5.82 Å². The second kappa shape index (κ2) is 9.40. The summed E-state index contributed by atoms with van der Waals surface area (Å²) in [7, 11) is -3.71. The van der Waals surface area contributed by atoms with Crippen LogP contribution in [0.2, 0.25) is 0 Å². The minimum Gasteiger partial charge on any atom is -0.352 e. The fraction of sp³-hybridized carbons (Fsp3) is 0.400. The van der Waals surface area contributed by atoms with E-state index in [0.29, 0.717) is 55.1 Å². The number of carbonyl (C=O) groups is 1. The summed E-state index contributed by atoms with van der Waals surface area (Å²) in [5.74, 6) is 0.569. The highest BCUT2D eigenvalue weighted by Crippen LogP contribution is 2.22. The number of rotatable bonds is 9. The van der Waals surface area contributed by atoms with Crippen molar-refractivity contribution in [1.82, 2.24) is 24.7 Å². The first-order valence-corrected chi connectivity index (χ1v) is 11.4. The number of pyridine rings is 1. The second-order valence-electron chi connectivity index (χ2n) is 6.94. The molecule has 2 N–H and O–H groups in total. The molecule has 2 heterocycles. The van der Waals surface area contributed by atoms with Gasteiger partial charge in [0.05, 0.1) is 10.5 Å². The van der Waals surface area contributed by atoms with Crippen LogP contribution in [0.15, 0.2) is 38.5 Å². The number of nitrogens with zero attached hydrogens (tertiary/aromatic N) is 3. The molecular weight excluding hydrogens is 422 g/mol. The van der Waals surface area contributed by atoms with Crippen molar-refractivity contribution in [3.05, 3.63) is 51.9 Å². The van der Waals surface area contributed by atoms with Crippen molar-refractivity contribution < 1.29 is 17.7 Å². The molecule has 0 saturated heterocycles. The Labute approximate surface area is 179 Å². The quantitative estimate of drug-likeness (QED) is 0.475. The van der Waals surface area contributed by atoms with Gasteiger partial charge in [-0.15, -0.1) is 0 Å². The molecule has 0 fully saturated rings. The molecule has 0 aliphatic heterocycles. The van der Waals surface area contributed by atoms with Gasteiger partial charge in [0.1, 0.15) is 0 Å². The third kappa shape index (κ3) is 5.00. The normalized spacial score (nSPS) is 11.9. The SMILES string of the molecule is CCN(CC)S(=O)(=O)c1ccc2[nH]c(=O)cc(C(=O)NCCCc3nc(C)no3)c2c1. The Balaban J connectivity index is 1.84. The zero-order chi connectivity index (χ0) is 22.6. The highest BCUT2D eigenvalue weighted by molar-refractivity contribution is 7.89. The van der Waals surface area contributed by atoms with E-state index in [4.69, 9.17) is 4.52 Å². The van der Waals surface area contributed by atoms with E-state index in [1.807, 2.05) is 0 Å². The zero-order valence-corrected chi connectivity index (χ0v) is 18.5. The van der Waals surface area contributed by atoms with Gasteiger partial charge in [-0.2, -0.15) is 9.29 Å². The number of hydrogen-bond donors (Lipinski definition) is 2. The molecule has 0 aliphatic carbocycles. The second-order valence-corrected chi connectivity index (χ2v) is 8.88. The number of carbonyl (C=O) groups excluding carboxylic acids is 1. The van der Waals surface area contributed by atoms with E-state index < -0.39 is 21.5 Å². The molecule has 0 saturated carbocycles. The van der Waals surface area contributed by atoms with E-state index in [0.717, 1.165) is 0 Å². The first-order chi connectivity index (χ1) is 14.8. The average Bonchev–Trinajstić information content (AvgIpc) is 3.15. The van der Waals surface area contributed by atoms with Gasteiger partial charge in [-0.1, -0.05) is 19.0 Å². The molecule has 11 heteroatoms. The standard InChI is InChI=1S/C20H25N5O5S/c1-4-25(5-2)31(28,29)14-8-9-17-15(11-14)16(12-18(26)23-17)20(27)21-10-6-7-19-22-13(3)24-30-19/h8-9,11-12H,4-7,10H2,1-3H3,(H,21,27)(H,23,26). The molecule has 10 nitrogen and oxygen atoms in total. The highest BCUT2D eigenvalue weighted by atomic mass is 32.2. The molecule has 166 valence electrons. The van der Waals surface area contributed by atoms with Crippen LogP contribution >= 0.6 is 0 Å². The lowest BCUT2D eigenvalue weighted by atomic mass is 10.1. The average molecular weight is 448 g/mol. The molecule has 3 aromatic rings. The molecule has 0 atom stereocenters. The van der Waals surface area contributed by atoms with Crippen molar-refractivity contribution in [2.45, 2.75) is 38.5 Å². The number of aromatic amines is 1. The van der Waals surface area contributed by atoms with Gasteiger partial charge in [-0.3, -0.25) is 9.59 Å². The number of H-pyrrole nitrogens is 1. The maximum atomic E-state index is 12.9. The summed E-state index contributed by atoms with van der Waals surface area (Å²) in [4.78, 5) is 31.6. The van der Waals surface area contributed by atoms with Crippen LogP contribution in [-0.4, -0.2) is 53.4 Å². The predicted molar refractivity (Wildman–Crippen MR) is 114 cm³/mol. The third-order valence-corrected chi connectivity index (χ3v) is 6.87. The maximum Gasteiger partial charge on any atom is 0.252 e. The Morgan fingerprint density at radius 2 is 1.97 bits per heavy atom. The van der Waals surface area contributed by atoms with Crippen LogP contribution in [0.5, 0.6) is 0 Å². The molecule has 0 unspecified atom stereocenters. The Kier molecular flexibility index (Phi) is 6.86.